The maximum atomic E-state index is 6.71. The van der Waals surface area contributed by atoms with Gasteiger partial charge in [-0.05, 0) is 47.4 Å². The molecule has 4 aromatic carbocycles. The molecule has 39 heavy (non-hydrogen) atoms. The summed E-state index contributed by atoms with van der Waals surface area (Å²) in [6.45, 7) is 0. The second-order valence-corrected chi connectivity index (χ2v) is 10.6. The first-order chi connectivity index (χ1) is 19.3. The molecule has 2 aromatic heterocycles. The molecule has 182 valence electrons. The van der Waals surface area contributed by atoms with E-state index in [1.54, 1.807) is 6.21 Å². The highest BCUT2D eigenvalue weighted by Gasteiger charge is 2.45. The molecular weight excluding hydrogens is 482 g/mol. The molecular formula is C34H19N3O2. The summed E-state index contributed by atoms with van der Waals surface area (Å²) in [6.07, 6.45) is 5.90. The third-order valence-electron chi connectivity index (χ3n) is 8.71. The van der Waals surface area contributed by atoms with E-state index < -0.39 is 0 Å². The molecule has 1 N–H and O–H groups in total. The molecule has 6 aromatic rings. The predicted molar refractivity (Wildman–Crippen MR) is 155 cm³/mol. The van der Waals surface area contributed by atoms with Crippen LogP contribution in [-0.2, 0) is 0 Å². The standard InChI is InChI=1S/C34H19N3O2/c1-3-8-27-19(6-1)23-12-10-21-25-16-18(34-35-14-5-15-36-34)17-26-22-11-13-24-20-7-2-4-9-28(20)39-33(24)31(22)37(29(25)26)30(21)32(23)38-27/h1-4,6-14,16-17,30,32,34,36H. The monoisotopic (exact) mass is 501 g/mol. The summed E-state index contributed by atoms with van der Waals surface area (Å²) in [5.74, 6) is 3.84. The normalized spacial score (nSPS) is 21.7. The van der Waals surface area contributed by atoms with Crippen molar-refractivity contribution < 1.29 is 9.15 Å². The molecule has 0 bridgehead atoms. The Morgan fingerprint density at radius 3 is 2.62 bits per heavy atom. The highest BCUT2D eigenvalue weighted by molar-refractivity contribution is 6.23. The Bertz CT molecular complexity index is 2270. The van der Waals surface area contributed by atoms with Crippen LogP contribution in [0.2, 0.25) is 0 Å². The number of fused-ring (bicyclic) bond motifs is 14. The van der Waals surface area contributed by atoms with E-state index in [1.165, 1.54) is 38.6 Å². The predicted octanol–water partition coefficient (Wildman–Crippen LogP) is 7.12. The van der Waals surface area contributed by atoms with Gasteiger partial charge in [0.25, 0.3) is 0 Å². The van der Waals surface area contributed by atoms with Gasteiger partial charge in [0.05, 0.1) is 17.2 Å². The van der Waals surface area contributed by atoms with Crippen molar-refractivity contribution in [2.75, 3.05) is 0 Å². The van der Waals surface area contributed by atoms with Crippen LogP contribution in [0, 0.1) is 12.0 Å². The van der Waals surface area contributed by atoms with Crippen LogP contribution >= 0.6 is 0 Å². The van der Waals surface area contributed by atoms with E-state index in [2.05, 4.69) is 99.7 Å². The number of hydrogen-bond donors (Lipinski definition) is 1. The number of allylic oxidation sites excluding steroid dienone is 2. The summed E-state index contributed by atoms with van der Waals surface area (Å²) >= 11 is 0. The molecule has 0 saturated carbocycles. The summed E-state index contributed by atoms with van der Waals surface area (Å²) in [7, 11) is 0. The molecule has 5 heterocycles. The molecule has 0 saturated heterocycles. The van der Waals surface area contributed by atoms with Crippen molar-refractivity contribution in [2.24, 2.45) is 4.99 Å². The number of benzene rings is 4. The lowest BCUT2D eigenvalue weighted by Crippen LogP contribution is -2.27. The number of para-hydroxylation sites is 2. The largest absolute Gasteiger partial charge is 0.483 e. The molecule has 10 rings (SSSR count). The number of nitrogens with one attached hydrogen (secondary N) is 1. The maximum absolute atomic E-state index is 6.71. The lowest BCUT2D eigenvalue weighted by molar-refractivity contribution is 0.239. The van der Waals surface area contributed by atoms with Crippen molar-refractivity contribution in [1.29, 1.82) is 0 Å². The van der Waals surface area contributed by atoms with Crippen LogP contribution in [0.1, 0.15) is 28.9 Å². The lowest BCUT2D eigenvalue weighted by Gasteiger charge is -2.27. The van der Waals surface area contributed by atoms with Crippen LogP contribution in [0.4, 0.5) is 0 Å². The molecule has 4 aliphatic rings. The lowest BCUT2D eigenvalue weighted by atomic mass is 9.85. The maximum Gasteiger partial charge on any atom is 0.159 e. The zero-order valence-corrected chi connectivity index (χ0v) is 20.6. The molecule has 3 atom stereocenters. The summed E-state index contributed by atoms with van der Waals surface area (Å²) in [5.41, 5.74) is 10.1. The van der Waals surface area contributed by atoms with Gasteiger partial charge in [-0.1, -0.05) is 54.6 Å². The van der Waals surface area contributed by atoms with E-state index in [9.17, 15) is 0 Å². The molecule has 5 nitrogen and oxygen atoms in total. The minimum Gasteiger partial charge on any atom is -0.483 e. The molecule has 0 spiro atoms. The van der Waals surface area contributed by atoms with Gasteiger partial charge in [0.2, 0.25) is 0 Å². The first-order valence-corrected chi connectivity index (χ1v) is 13.2. The number of ether oxygens (including phenoxy) is 1. The first kappa shape index (κ1) is 19.8. The fourth-order valence-electron chi connectivity index (χ4n) is 7.13. The number of aliphatic imine (C=N–C) groups is 1. The third-order valence-corrected chi connectivity index (χ3v) is 8.71. The second kappa shape index (κ2) is 6.80. The van der Waals surface area contributed by atoms with Gasteiger partial charge in [-0.3, -0.25) is 4.99 Å². The molecule has 3 aliphatic heterocycles. The average molecular weight is 502 g/mol. The fraction of sp³-hybridized carbons (Fsp3) is 0.0882. The van der Waals surface area contributed by atoms with Crippen LogP contribution < -0.4 is 10.1 Å². The molecule has 0 amide bonds. The van der Waals surface area contributed by atoms with Crippen LogP contribution in [0.3, 0.4) is 0 Å². The van der Waals surface area contributed by atoms with Crippen molar-refractivity contribution in [3.63, 3.8) is 0 Å². The number of furan rings is 1. The Hall–Kier alpha value is -5.21. The van der Waals surface area contributed by atoms with E-state index in [0.717, 1.165) is 38.8 Å². The topological polar surface area (TPSA) is 51.7 Å². The Kier molecular flexibility index (Phi) is 3.46. The van der Waals surface area contributed by atoms with Gasteiger partial charge < -0.3 is 19.0 Å². The van der Waals surface area contributed by atoms with Crippen molar-refractivity contribution >= 4 is 61.1 Å². The fourth-order valence-corrected chi connectivity index (χ4v) is 7.13. The summed E-state index contributed by atoms with van der Waals surface area (Å²) in [4.78, 5) is 4.64. The average Bonchev–Trinajstić information content (AvgIpc) is 3.73. The van der Waals surface area contributed by atoms with Crippen molar-refractivity contribution in [3.8, 4) is 17.7 Å². The number of nitrogens with zero attached hydrogens (tertiary/aromatic N) is 2. The van der Waals surface area contributed by atoms with Crippen LogP contribution in [0.25, 0.3) is 54.9 Å². The van der Waals surface area contributed by atoms with E-state index >= 15 is 0 Å². The summed E-state index contributed by atoms with van der Waals surface area (Å²) in [6, 6.07) is 28.6. The van der Waals surface area contributed by atoms with E-state index in [1.807, 2.05) is 12.1 Å². The summed E-state index contributed by atoms with van der Waals surface area (Å²) in [5, 5.41) is 7.88. The van der Waals surface area contributed by atoms with Gasteiger partial charge >= 0.3 is 0 Å². The summed E-state index contributed by atoms with van der Waals surface area (Å²) < 4.78 is 15.8. The number of aromatic nitrogens is 1. The van der Waals surface area contributed by atoms with Gasteiger partial charge in [-0.25, -0.2) is 0 Å². The van der Waals surface area contributed by atoms with Gasteiger partial charge in [-0.15, -0.1) is 0 Å². The van der Waals surface area contributed by atoms with E-state index in [4.69, 9.17) is 9.15 Å². The first-order valence-electron chi connectivity index (χ1n) is 13.2. The van der Waals surface area contributed by atoms with Crippen LogP contribution in [0.15, 0.2) is 94.4 Å². The van der Waals surface area contributed by atoms with Gasteiger partial charge in [0.1, 0.15) is 23.5 Å². The van der Waals surface area contributed by atoms with E-state index in [-0.39, 0.29) is 18.3 Å². The molecule has 0 fully saturated rings. The van der Waals surface area contributed by atoms with Crippen molar-refractivity contribution in [3.05, 3.63) is 102 Å². The van der Waals surface area contributed by atoms with Crippen molar-refractivity contribution in [2.45, 2.75) is 18.3 Å². The third kappa shape index (κ3) is 2.36. The smallest absolute Gasteiger partial charge is 0.159 e. The Labute approximate surface area is 222 Å². The molecule has 5 heteroatoms. The number of hydrogen-bond acceptors (Lipinski definition) is 4. The van der Waals surface area contributed by atoms with Gasteiger partial charge in [0, 0.05) is 44.3 Å². The molecule has 3 unspecified atom stereocenters. The Morgan fingerprint density at radius 1 is 0.795 bits per heavy atom. The highest BCUT2D eigenvalue weighted by Crippen LogP contribution is 2.56. The highest BCUT2D eigenvalue weighted by atomic mass is 16.5. The number of rotatable bonds is 1. The van der Waals surface area contributed by atoms with E-state index in [0.29, 0.717) is 0 Å². The quantitative estimate of drug-likeness (QED) is 0.244. The molecule has 0 radical (unpaired) electrons. The SMILES string of the molecule is C1#CNC(c2cc3c4c(c2)c2ccc5c6ccccc6oc5c2n4C2C3=CC=C3c4ccccc4OC32)N=C1. The molecule has 1 aliphatic carbocycles. The Morgan fingerprint density at radius 2 is 1.67 bits per heavy atom. The zero-order chi connectivity index (χ0) is 25.2. The van der Waals surface area contributed by atoms with Gasteiger partial charge in [-0.2, -0.15) is 0 Å². The van der Waals surface area contributed by atoms with Crippen LogP contribution in [-0.4, -0.2) is 16.9 Å². The zero-order valence-electron chi connectivity index (χ0n) is 20.6. The minimum absolute atomic E-state index is 0.0101. The van der Waals surface area contributed by atoms with Crippen molar-refractivity contribution in [1.82, 2.24) is 9.88 Å². The second-order valence-electron chi connectivity index (χ2n) is 10.6. The van der Waals surface area contributed by atoms with Crippen LogP contribution in [0.5, 0.6) is 5.75 Å². The Balaban J connectivity index is 1.34. The minimum atomic E-state index is -0.207. The van der Waals surface area contributed by atoms with Gasteiger partial charge in [0.15, 0.2) is 11.7 Å².